The van der Waals surface area contributed by atoms with Crippen LogP contribution in [0.4, 0.5) is 11.5 Å². The molecule has 1 aliphatic rings. The molecule has 3 aromatic rings. The van der Waals surface area contributed by atoms with Crippen LogP contribution in [0.2, 0.25) is 5.02 Å². The fourth-order valence-electron chi connectivity index (χ4n) is 3.67. The highest BCUT2D eigenvalue weighted by molar-refractivity contribution is 6.31. The molecule has 0 amide bonds. The van der Waals surface area contributed by atoms with Crippen LogP contribution in [-0.2, 0) is 0 Å². The quantitative estimate of drug-likeness (QED) is 0.701. The predicted octanol–water partition coefficient (Wildman–Crippen LogP) is 3.95. The van der Waals surface area contributed by atoms with Gasteiger partial charge in [-0.25, -0.2) is 4.98 Å². The number of halogens is 1. The number of benzene rings is 2. The van der Waals surface area contributed by atoms with Crippen LogP contribution < -0.4 is 19.5 Å². The first-order valence-electron chi connectivity index (χ1n) is 8.91. The fourth-order valence-corrected chi connectivity index (χ4v) is 3.84. The maximum absolute atomic E-state index is 6.17. The first kappa shape index (κ1) is 17.0. The van der Waals surface area contributed by atoms with Crippen LogP contribution >= 0.6 is 11.6 Å². The number of methoxy groups -OCH3 is 1. The van der Waals surface area contributed by atoms with Crippen molar-refractivity contribution in [1.82, 2.24) is 0 Å². The van der Waals surface area contributed by atoms with Crippen molar-refractivity contribution in [2.75, 3.05) is 43.1 Å². The number of H-pyrrole nitrogens is 1. The topological polar surface area (TPSA) is 29.9 Å². The van der Waals surface area contributed by atoms with Crippen LogP contribution in [0.5, 0.6) is 5.75 Å². The van der Waals surface area contributed by atoms with Gasteiger partial charge >= 0.3 is 0 Å². The van der Waals surface area contributed by atoms with E-state index in [4.69, 9.17) is 16.3 Å². The average Bonchev–Trinajstić information content (AvgIpc) is 2.67. The number of hydrogen-bond acceptors (Lipinski definition) is 3. The number of para-hydroxylation sites is 2. The van der Waals surface area contributed by atoms with Gasteiger partial charge in [0.15, 0.2) is 0 Å². The summed E-state index contributed by atoms with van der Waals surface area (Å²) in [6, 6.07) is 16.5. The Morgan fingerprint density at radius 1 is 0.962 bits per heavy atom. The van der Waals surface area contributed by atoms with E-state index in [2.05, 4.69) is 46.0 Å². The minimum Gasteiger partial charge on any atom is -0.495 e. The molecule has 134 valence electrons. The van der Waals surface area contributed by atoms with Crippen LogP contribution in [0.3, 0.4) is 0 Å². The van der Waals surface area contributed by atoms with Gasteiger partial charge in [0, 0.05) is 22.5 Å². The van der Waals surface area contributed by atoms with Gasteiger partial charge in [-0.05, 0) is 36.8 Å². The average molecular weight is 369 g/mol. The van der Waals surface area contributed by atoms with Crippen molar-refractivity contribution in [3.05, 3.63) is 59.1 Å². The molecule has 2 heterocycles. The molecular formula is C21H23ClN3O+. The number of hydrogen-bond donors (Lipinski definition) is 0. The zero-order chi connectivity index (χ0) is 18.1. The molecule has 0 spiro atoms. The number of nitrogens with one attached hydrogen (secondary N) is 1. The summed E-state index contributed by atoms with van der Waals surface area (Å²) in [6.45, 7) is 5.99. The normalized spacial score (nSPS) is 14.7. The number of piperazine rings is 1. The third-order valence-electron chi connectivity index (χ3n) is 5.07. The van der Waals surface area contributed by atoms with E-state index in [1.165, 1.54) is 16.6 Å². The summed E-state index contributed by atoms with van der Waals surface area (Å²) < 4.78 is 5.51. The highest BCUT2D eigenvalue weighted by Gasteiger charge is 2.25. The third-order valence-corrected chi connectivity index (χ3v) is 5.30. The van der Waals surface area contributed by atoms with Gasteiger partial charge in [0.25, 0.3) is 5.82 Å². The monoisotopic (exact) mass is 368 g/mol. The number of pyridine rings is 1. The van der Waals surface area contributed by atoms with Crippen LogP contribution in [0.25, 0.3) is 10.9 Å². The maximum atomic E-state index is 6.17. The summed E-state index contributed by atoms with van der Waals surface area (Å²) >= 11 is 6.17. The summed E-state index contributed by atoms with van der Waals surface area (Å²) in [5.74, 6) is 2.08. The first-order chi connectivity index (χ1) is 12.7. The number of aromatic nitrogens is 1. The van der Waals surface area contributed by atoms with Crippen molar-refractivity contribution < 1.29 is 9.72 Å². The van der Waals surface area contributed by atoms with Gasteiger partial charge < -0.3 is 9.64 Å². The van der Waals surface area contributed by atoms with E-state index in [1.807, 2.05) is 24.3 Å². The second-order valence-electron chi connectivity index (χ2n) is 6.67. The fraction of sp³-hybridized carbons (Fsp3) is 0.286. The standard InChI is InChI=1S/C21H22ClN3O/c1-15-13-21(23-18-14-16(22)7-8-17(15)18)25-11-9-24(10-12-25)19-5-3-4-6-20(19)26-2/h3-8,13-14H,9-12H2,1-2H3/p+1. The molecule has 1 N–H and O–H groups in total. The number of fused-ring (bicyclic) bond motifs is 1. The highest BCUT2D eigenvalue weighted by atomic mass is 35.5. The Kier molecular flexibility index (Phi) is 4.60. The number of nitrogens with zero attached hydrogens (tertiary/aromatic N) is 2. The molecule has 0 saturated carbocycles. The van der Waals surface area contributed by atoms with Crippen molar-refractivity contribution in [2.24, 2.45) is 0 Å². The maximum Gasteiger partial charge on any atom is 0.275 e. The lowest BCUT2D eigenvalue weighted by Crippen LogP contribution is -2.48. The second kappa shape index (κ2) is 7.04. The largest absolute Gasteiger partial charge is 0.495 e. The summed E-state index contributed by atoms with van der Waals surface area (Å²) in [5, 5.41) is 1.97. The number of aryl methyl sites for hydroxylation is 1. The molecule has 4 nitrogen and oxygen atoms in total. The number of anilines is 2. The molecule has 1 fully saturated rings. The zero-order valence-electron chi connectivity index (χ0n) is 15.1. The molecular weight excluding hydrogens is 346 g/mol. The molecule has 26 heavy (non-hydrogen) atoms. The number of aromatic amines is 1. The van der Waals surface area contributed by atoms with E-state index in [1.54, 1.807) is 7.11 Å². The smallest absolute Gasteiger partial charge is 0.275 e. The Balaban J connectivity index is 1.55. The van der Waals surface area contributed by atoms with Crippen molar-refractivity contribution in [3.8, 4) is 5.75 Å². The van der Waals surface area contributed by atoms with Crippen LogP contribution in [-0.4, -0.2) is 33.3 Å². The molecule has 1 aliphatic heterocycles. The Bertz CT molecular complexity index is 936. The summed E-state index contributed by atoms with van der Waals surface area (Å²) in [5.41, 5.74) is 3.51. The molecule has 0 aliphatic carbocycles. The zero-order valence-corrected chi connectivity index (χ0v) is 15.9. The molecule has 2 aromatic carbocycles. The van der Waals surface area contributed by atoms with Crippen molar-refractivity contribution >= 4 is 34.0 Å². The van der Waals surface area contributed by atoms with E-state index in [9.17, 15) is 0 Å². The summed E-state index contributed by atoms with van der Waals surface area (Å²) in [4.78, 5) is 8.34. The van der Waals surface area contributed by atoms with Gasteiger partial charge in [-0.3, -0.25) is 4.90 Å². The molecule has 0 atom stereocenters. The van der Waals surface area contributed by atoms with E-state index < -0.39 is 0 Å². The van der Waals surface area contributed by atoms with Gasteiger partial charge in [0.05, 0.1) is 25.9 Å². The van der Waals surface area contributed by atoms with Gasteiger partial charge in [-0.15, -0.1) is 0 Å². The summed E-state index contributed by atoms with van der Waals surface area (Å²) in [7, 11) is 1.73. The van der Waals surface area contributed by atoms with Crippen LogP contribution in [0.15, 0.2) is 48.5 Å². The first-order valence-corrected chi connectivity index (χ1v) is 9.28. The molecule has 0 radical (unpaired) electrons. The van der Waals surface area contributed by atoms with Crippen LogP contribution in [0, 0.1) is 6.92 Å². The van der Waals surface area contributed by atoms with Crippen molar-refractivity contribution in [1.29, 1.82) is 0 Å². The van der Waals surface area contributed by atoms with Gasteiger partial charge in [0.2, 0.25) is 0 Å². The lowest BCUT2D eigenvalue weighted by atomic mass is 10.1. The van der Waals surface area contributed by atoms with Crippen molar-refractivity contribution in [2.45, 2.75) is 6.92 Å². The Morgan fingerprint density at radius 3 is 2.46 bits per heavy atom. The molecule has 0 unspecified atom stereocenters. The lowest BCUT2D eigenvalue weighted by molar-refractivity contribution is -0.330. The number of rotatable bonds is 3. The van der Waals surface area contributed by atoms with E-state index >= 15 is 0 Å². The Hall–Kier alpha value is -2.46. The molecule has 1 saturated heterocycles. The SMILES string of the molecule is COc1ccccc1N1CCN(c2cc(C)c3ccc(Cl)cc3[nH+]2)CC1. The second-order valence-corrected chi connectivity index (χ2v) is 7.11. The van der Waals surface area contributed by atoms with E-state index in [-0.39, 0.29) is 0 Å². The highest BCUT2D eigenvalue weighted by Crippen LogP contribution is 2.29. The Morgan fingerprint density at radius 2 is 1.69 bits per heavy atom. The third kappa shape index (κ3) is 3.17. The minimum atomic E-state index is 0.756. The van der Waals surface area contributed by atoms with Crippen LogP contribution in [0.1, 0.15) is 5.56 Å². The van der Waals surface area contributed by atoms with Gasteiger partial charge in [0.1, 0.15) is 24.4 Å². The van der Waals surface area contributed by atoms with E-state index in [0.717, 1.165) is 48.3 Å². The molecule has 1 aromatic heterocycles. The van der Waals surface area contributed by atoms with Gasteiger partial charge in [-0.1, -0.05) is 23.7 Å². The molecule has 0 bridgehead atoms. The lowest BCUT2D eigenvalue weighted by Gasteiger charge is -2.33. The molecule has 5 heteroatoms. The molecule has 4 rings (SSSR count). The Labute approximate surface area is 159 Å². The van der Waals surface area contributed by atoms with Crippen molar-refractivity contribution in [3.63, 3.8) is 0 Å². The minimum absolute atomic E-state index is 0.756. The summed E-state index contributed by atoms with van der Waals surface area (Å²) in [6.07, 6.45) is 0. The predicted molar refractivity (Wildman–Crippen MR) is 108 cm³/mol. The number of ether oxygens (including phenoxy) is 1. The van der Waals surface area contributed by atoms with E-state index in [0.29, 0.717) is 0 Å². The van der Waals surface area contributed by atoms with Gasteiger partial charge in [-0.2, -0.15) is 0 Å².